The first-order valence-corrected chi connectivity index (χ1v) is 5.87. The lowest BCUT2D eigenvalue weighted by Gasteiger charge is -1.87. The van der Waals surface area contributed by atoms with E-state index in [1.807, 2.05) is 0 Å². The van der Waals surface area contributed by atoms with Gasteiger partial charge in [-0.15, -0.1) is 0 Å². The smallest absolute Gasteiger partial charge is 0.00989 e. The SMILES string of the molecule is CCCCCC#CC#CCCCCC. The van der Waals surface area contributed by atoms with Crippen LogP contribution in [0.4, 0.5) is 0 Å². The zero-order valence-corrected chi connectivity index (χ0v) is 9.66. The third-order valence-electron chi connectivity index (χ3n) is 2.05. The molecule has 0 saturated carbocycles. The van der Waals surface area contributed by atoms with E-state index in [-0.39, 0.29) is 0 Å². The van der Waals surface area contributed by atoms with Crippen molar-refractivity contribution in [3.63, 3.8) is 0 Å². The fourth-order valence-corrected chi connectivity index (χ4v) is 1.14. The number of rotatable bonds is 6. The van der Waals surface area contributed by atoms with Gasteiger partial charge in [0.1, 0.15) is 0 Å². The first kappa shape index (κ1) is 13.1. The van der Waals surface area contributed by atoms with Crippen LogP contribution in [0.15, 0.2) is 0 Å². The Morgan fingerprint density at radius 1 is 0.643 bits per heavy atom. The summed E-state index contributed by atoms with van der Waals surface area (Å²) >= 11 is 0. The van der Waals surface area contributed by atoms with E-state index in [2.05, 4.69) is 37.5 Å². The molecule has 0 aliphatic heterocycles. The van der Waals surface area contributed by atoms with Gasteiger partial charge in [0, 0.05) is 12.8 Å². The molecule has 78 valence electrons. The highest BCUT2D eigenvalue weighted by molar-refractivity contribution is 5.25. The fraction of sp³-hybridized carbons (Fsp3) is 0.714. The zero-order chi connectivity index (χ0) is 10.5. The molecule has 14 heavy (non-hydrogen) atoms. The summed E-state index contributed by atoms with van der Waals surface area (Å²) in [5, 5.41) is 0. The quantitative estimate of drug-likeness (QED) is 0.436. The predicted molar refractivity (Wildman–Crippen MR) is 63.8 cm³/mol. The van der Waals surface area contributed by atoms with Gasteiger partial charge < -0.3 is 0 Å². The average molecular weight is 190 g/mol. The molecule has 0 aliphatic rings. The van der Waals surface area contributed by atoms with Gasteiger partial charge in [-0.25, -0.2) is 0 Å². The Hall–Kier alpha value is -0.880. The highest BCUT2D eigenvalue weighted by Gasteiger charge is 1.80. The van der Waals surface area contributed by atoms with E-state index < -0.39 is 0 Å². The van der Waals surface area contributed by atoms with Crippen LogP contribution in [0, 0.1) is 23.7 Å². The molecule has 0 heterocycles. The van der Waals surface area contributed by atoms with Crippen LogP contribution in [0.5, 0.6) is 0 Å². The van der Waals surface area contributed by atoms with Crippen molar-refractivity contribution in [2.24, 2.45) is 0 Å². The second-order valence-electron chi connectivity index (χ2n) is 3.52. The van der Waals surface area contributed by atoms with Gasteiger partial charge in [0.2, 0.25) is 0 Å². The van der Waals surface area contributed by atoms with Crippen molar-refractivity contribution in [1.29, 1.82) is 0 Å². The first-order chi connectivity index (χ1) is 6.91. The summed E-state index contributed by atoms with van der Waals surface area (Å²) in [7, 11) is 0. The topological polar surface area (TPSA) is 0 Å². The minimum absolute atomic E-state index is 1.01. The van der Waals surface area contributed by atoms with Crippen molar-refractivity contribution in [1.82, 2.24) is 0 Å². The third kappa shape index (κ3) is 11.1. The third-order valence-corrected chi connectivity index (χ3v) is 2.05. The molecule has 0 spiro atoms. The Kier molecular flexibility index (Phi) is 11.4. The summed E-state index contributed by atoms with van der Waals surface area (Å²) in [6, 6.07) is 0. The number of unbranched alkanes of at least 4 members (excludes halogenated alkanes) is 6. The summed E-state index contributed by atoms with van der Waals surface area (Å²) in [5.41, 5.74) is 0. The maximum atomic E-state index is 3.09. The van der Waals surface area contributed by atoms with Gasteiger partial charge in [-0.3, -0.25) is 0 Å². The van der Waals surface area contributed by atoms with E-state index in [0.29, 0.717) is 0 Å². The van der Waals surface area contributed by atoms with E-state index in [1.165, 1.54) is 38.5 Å². The van der Waals surface area contributed by atoms with Crippen molar-refractivity contribution in [2.45, 2.75) is 65.2 Å². The molecule has 0 nitrogen and oxygen atoms in total. The lowest BCUT2D eigenvalue weighted by Crippen LogP contribution is -1.71. The van der Waals surface area contributed by atoms with Crippen LogP contribution in [0.3, 0.4) is 0 Å². The summed E-state index contributed by atoms with van der Waals surface area (Å²) in [5.74, 6) is 12.0. The van der Waals surface area contributed by atoms with E-state index in [0.717, 1.165) is 12.8 Å². The highest BCUT2D eigenvalue weighted by Crippen LogP contribution is 1.97. The fourth-order valence-electron chi connectivity index (χ4n) is 1.14. The van der Waals surface area contributed by atoms with Crippen LogP contribution in [-0.4, -0.2) is 0 Å². The molecule has 0 unspecified atom stereocenters. The van der Waals surface area contributed by atoms with E-state index in [1.54, 1.807) is 0 Å². The maximum Gasteiger partial charge on any atom is 0.00989 e. The second kappa shape index (κ2) is 12.1. The maximum absolute atomic E-state index is 3.09. The Balaban J connectivity index is 3.29. The van der Waals surface area contributed by atoms with Crippen LogP contribution in [0.25, 0.3) is 0 Å². The van der Waals surface area contributed by atoms with Gasteiger partial charge in [0.15, 0.2) is 0 Å². The molecule has 0 bridgehead atoms. The molecule has 0 fully saturated rings. The lowest BCUT2D eigenvalue weighted by atomic mass is 10.2. The number of hydrogen-bond acceptors (Lipinski definition) is 0. The van der Waals surface area contributed by atoms with Gasteiger partial charge in [0.05, 0.1) is 0 Å². The van der Waals surface area contributed by atoms with Crippen LogP contribution in [0.1, 0.15) is 65.2 Å². The lowest BCUT2D eigenvalue weighted by molar-refractivity contribution is 0.737. The molecule has 0 rings (SSSR count). The molecule has 0 N–H and O–H groups in total. The minimum atomic E-state index is 1.01. The van der Waals surface area contributed by atoms with Crippen molar-refractivity contribution < 1.29 is 0 Å². The van der Waals surface area contributed by atoms with Gasteiger partial charge in [-0.05, 0) is 24.7 Å². The van der Waals surface area contributed by atoms with Gasteiger partial charge >= 0.3 is 0 Å². The van der Waals surface area contributed by atoms with Crippen LogP contribution >= 0.6 is 0 Å². The van der Waals surface area contributed by atoms with Gasteiger partial charge in [0.25, 0.3) is 0 Å². The standard InChI is InChI=1S/C14H22/c1-3-5-7-9-11-13-14-12-10-8-6-4-2/h3-10H2,1-2H3. The number of hydrogen-bond donors (Lipinski definition) is 0. The van der Waals surface area contributed by atoms with E-state index in [9.17, 15) is 0 Å². The molecule has 0 atom stereocenters. The van der Waals surface area contributed by atoms with Crippen LogP contribution < -0.4 is 0 Å². The van der Waals surface area contributed by atoms with E-state index >= 15 is 0 Å². The average Bonchev–Trinajstić information content (AvgIpc) is 2.21. The van der Waals surface area contributed by atoms with Crippen molar-refractivity contribution in [3.05, 3.63) is 0 Å². The molecule has 0 aromatic rings. The van der Waals surface area contributed by atoms with Crippen molar-refractivity contribution in [2.75, 3.05) is 0 Å². The Labute approximate surface area is 89.5 Å². The molecule has 0 aromatic heterocycles. The molecule has 0 radical (unpaired) electrons. The summed E-state index contributed by atoms with van der Waals surface area (Å²) < 4.78 is 0. The monoisotopic (exact) mass is 190 g/mol. The van der Waals surface area contributed by atoms with Gasteiger partial charge in [-0.1, -0.05) is 51.4 Å². The summed E-state index contributed by atoms with van der Waals surface area (Å²) in [6.45, 7) is 4.42. The highest BCUT2D eigenvalue weighted by atomic mass is 13.9. The zero-order valence-electron chi connectivity index (χ0n) is 9.66. The Morgan fingerprint density at radius 2 is 1.07 bits per heavy atom. The van der Waals surface area contributed by atoms with Crippen LogP contribution in [0.2, 0.25) is 0 Å². The minimum Gasteiger partial charge on any atom is -0.0891 e. The Morgan fingerprint density at radius 3 is 1.43 bits per heavy atom. The Bertz CT molecular complexity index is 190. The molecular formula is C14H22. The molecule has 0 aromatic carbocycles. The van der Waals surface area contributed by atoms with E-state index in [4.69, 9.17) is 0 Å². The molecule has 0 aliphatic carbocycles. The van der Waals surface area contributed by atoms with Gasteiger partial charge in [-0.2, -0.15) is 0 Å². The summed E-state index contributed by atoms with van der Waals surface area (Å²) in [4.78, 5) is 0. The van der Waals surface area contributed by atoms with Crippen LogP contribution in [-0.2, 0) is 0 Å². The first-order valence-electron chi connectivity index (χ1n) is 5.87. The molecule has 0 heteroatoms. The predicted octanol–water partition coefficient (Wildman–Crippen LogP) is 4.15. The normalized spacial score (nSPS) is 8.43. The molecular weight excluding hydrogens is 168 g/mol. The summed E-state index contributed by atoms with van der Waals surface area (Å²) in [6.07, 6.45) is 9.59. The van der Waals surface area contributed by atoms with Crippen molar-refractivity contribution >= 4 is 0 Å². The molecule has 0 saturated heterocycles. The van der Waals surface area contributed by atoms with Crippen molar-refractivity contribution in [3.8, 4) is 23.7 Å². The second-order valence-corrected chi connectivity index (χ2v) is 3.52. The largest absolute Gasteiger partial charge is 0.0891 e. The molecule has 0 amide bonds.